The van der Waals surface area contributed by atoms with Gasteiger partial charge in [-0.1, -0.05) is 0 Å². The molecule has 0 aliphatic rings. The van der Waals surface area contributed by atoms with Gasteiger partial charge in [0.2, 0.25) is 0 Å². The predicted octanol–water partition coefficient (Wildman–Crippen LogP) is 3.41. The molecule has 0 spiro atoms. The van der Waals surface area contributed by atoms with E-state index in [-0.39, 0.29) is 20.9 Å². The van der Waals surface area contributed by atoms with E-state index in [2.05, 4.69) is 74.7 Å². The van der Waals surface area contributed by atoms with Crippen LogP contribution in [0.15, 0.2) is 64.8 Å². The van der Waals surface area contributed by atoms with E-state index in [1.807, 2.05) is 6.07 Å². The summed E-state index contributed by atoms with van der Waals surface area (Å²) in [5.41, 5.74) is 1.25. The van der Waals surface area contributed by atoms with E-state index >= 15 is 0 Å². The second kappa shape index (κ2) is 6.25. The molecule has 0 saturated heterocycles. The van der Waals surface area contributed by atoms with Crippen LogP contribution in [0.25, 0.3) is 4.48 Å². The maximum atomic E-state index is 3.64. The van der Waals surface area contributed by atoms with Crippen LogP contribution in [0.5, 0.6) is 0 Å². The number of benzene rings is 2. The van der Waals surface area contributed by atoms with E-state index in [0.717, 1.165) is 0 Å². The second-order valence-corrected chi connectivity index (χ2v) is 6.81. The second-order valence-electron chi connectivity index (χ2n) is 3.26. The fourth-order valence-corrected chi connectivity index (χ4v) is 4.14. The first-order chi connectivity index (χ1) is 7.86. The number of hydrogen-bond acceptors (Lipinski definition) is 0. The molecule has 2 aromatic rings. The molecule has 0 fully saturated rings. The van der Waals surface area contributed by atoms with Gasteiger partial charge in [0.25, 0.3) is 0 Å². The molecule has 0 amide bonds. The van der Waals surface area contributed by atoms with Crippen molar-refractivity contribution in [2.24, 2.45) is 0 Å². The summed E-state index contributed by atoms with van der Waals surface area (Å²) in [5.74, 6) is 0. The van der Waals surface area contributed by atoms with Crippen LogP contribution < -0.4 is 3.61 Å². The summed E-state index contributed by atoms with van der Waals surface area (Å²) >= 11 is 3.41. The Kier molecular flexibility index (Phi) is 4.66. The maximum absolute atomic E-state index is 3.64. The Morgan fingerprint density at radius 2 is 1.44 bits per heavy atom. The molecule has 0 nitrogen and oxygen atoms in total. The van der Waals surface area contributed by atoms with Gasteiger partial charge in [0, 0.05) is 0 Å². The number of rotatable bonds is 3. The molecule has 0 aromatic heterocycles. The third-order valence-corrected chi connectivity index (χ3v) is 6.28. The van der Waals surface area contributed by atoms with Crippen LogP contribution in [0.4, 0.5) is 0 Å². The van der Waals surface area contributed by atoms with Crippen LogP contribution in [0, 0.1) is 0 Å². The molecular weight excluding hydrogens is 376 g/mol. The Bertz CT molecular complexity index is 463. The molecule has 0 aliphatic heterocycles. The molecular formula is C14H11BrTe. The van der Waals surface area contributed by atoms with Crippen LogP contribution in [0.3, 0.4) is 0 Å². The van der Waals surface area contributed by atoms with Crippen molar-refractivity contribution in [3.05, 3.63) is 70.4 Å². The quantitative estimate of drug-likeness (QED) is 0.709. The van der Waals surface area contributed by atoms with Crippen molar-refractivity contribution in [2.75, 3.05) is 0 Å². The summed E-state index contributed by atoms with van der Waals surface area (Å²) in [6.45, 7) is 0. The normalized spacial score (nSPS) is 11.4. The van der Waals surface area contributed by atoms with Crippen LogP contribution in [0.2, 0.25) is 0 Å². The zero-order chi connectivity index (χ0) is 11.2. The van der Waals surface area contributed by atoms with Gasteiger partial charge in [0.1, 0.15) is 0 Å². The van der Waals surface area contributed by atoms with Crippen molar-refractivity contribution < 1.29 is 0 Å². The van der Waals surface area contributed by atoms with Crippen LogP contribution >= 0.6 is 15.9 Å². The van der Waals surface area contributed by atoms with Crippen LogP contribution in [0.1, 0.15) is 5.56 Å². The van der Waals surface area contributed by atoms with Crippen molar-refractivity contribution >= 4 is 44.9 Å². The zero-order valence-corrected chi connectivity index (χ0v) is 12.6. The summed E-state index contributed by atoms with van der Waals surface area (Å²) in [7, 11) is 0. The summed E-state index contributed by atoms with van der Waals surface area (Å²) in [6.07, 6.45) is 0. The van der Waals surface area contributed by atoms with E-state index in [4.69, 9.17) is 0 Å². The number of hydrogen-bond donors (Lipinski definition) is 0. The van der Waals surface area contributed by atoms with Gasteiger partial charge in [-0.25, -0.2) is 0 Å². The predicted molar refractivity (Wildman–Crippen MR) is 75.2 cm³/mol. The molecule has 0 unspecified atom stereocenters. The van der Waals surface area contributed by atoms with E-state index in [9.17, 15) is 0 Å². The molecule has 2 aromatic carbocycles. The van der Waals surface area contributed by atoms with Crippen molar-refractivity contribution in [1.29, 1.82) is 0 Å². The molecule has 0 bridgehead atoms. The van der Waals surface area contributed by atoms with Crippen LogP contribution in [-0.2, 0) is 0 Å². The Balaban J connectivity index is 2.09. The summed E-state index contributed by atoms with van der Waals surface area (Å²) in [6, 6.07) is 21.1. The van der Waals surface area contributed by atoms with E-state index in [0.29, 0.717) is 0 Å². The Hall–Kier alpha value is -0.550. The first-order valence-corrected chi connectivity index (χ1v) is 8.29. The summed E-state index contributed by atoms with van der Waals surface area (Å²) in [4.78, 5) is 0. The standard InChI is InChI=1S/C14H11BrTe/c15-14(12-7-3-1-4-8-12)11-16-13-9-5-2-6-10-13/h1-11H/b14-11-. The Morgan fingerprint density at radius 3 is 2.06 bits per heavy atom. The first-order valence-electron chi connectivity index (χ1n) is 4.99. The van der Waals surface area contributed by atoms with Crippen molar-refractivity contribution in [1.82, 2.24) is 0 Å². The van der Waals surface area contributed by atoms with E-state index in [1.165, 1.54) is 13.7 Å². The molecule has 80 valence electrons. The molecule has 0 heterocycles. The minimum absolute atomic E-state index is 0.231. The topological polar surface area (TPSA) is 0 Å². The molecule has 0 radical (unpaired) electrons. The molecule has 16 heavy (non-hydrogen) atoms. The van der Waals surface area contributed by atoms with E-state index in [1.54, 1.807) is 0 Å². The molecule has 0 saturated carbocycles. The molecule has 2 heteroatoms. The van der Waals surface area contributed by atoms with Gasteiger partial charge in [0.15, 0.2) is 0 Å². The third kappa shape index (κ3) is 3.49. The third-order valence-electron chi connectivity index (χ3n) is 2.09. The monoisotopic (exact) mass is 388 g/mol. The average molecular weight is 387 g/mol. The molecule has 0 N–H and O–H groups in total. The molecule has 2 rings (SSSR count). The van der Waals surface area contributed by atoms with Gasteiger partial charge in [-0.2, -0.15) is 0 Å². The zero-order valence-electron chi connectivity index (χ0n) is 8.64. The SMILES string of the molecule is Br/C(=C\[Te]c1ccccc1)c1ccccc1. The fraction of sp³-hybridized carbons (Fsp3) is 0. The van der Waals surface area contributed by atoms with E-state index < -0.39 is 0 Å². The minimum atomic E-state index is -0.231. The molecule has 0 aliphatic carbocycles. The van der Waals surface area contributed by atoms with Crippen molar-refractivity contribution in [3.8, 4) is 0 Å². The first kappa shape index (κ1) is 11.9. The van der Waals surface area contributed by atoms with Gasteiger partial charge in [0.05, 0.1) is 0 Å². The number of halogens is 1. The Morgan fingerprint density at radius 1 is 0.875 bits per heavy atom. The van der Waals surface area contributed by atoms with Gasteiger partial charge in [-0.3, -0.25) is 0 Å². The van der Waals surface area contributed by atoms with Gasteiger partial charge in [-0.05, 0) is 0 Å². The molecule has 0 atom stereocenters. The summed E-state index contributed by atoms with van der Waals surface area (Å²) in [5, 5.41) is 0. The van der Waals surface area contributed by atoms with Crippen molar-refractivity contribution in [3.63, 3.8) is 0 Å². The van der Waals surface area contributed by atoms with Gasteiger partial charge in [-0.15, -0.1) is 0 Å². The van der Waals surface area contributed by atoms with Crippen molar-refractivity contribution in [2.45, 2.75) is 0 Å². The summed E-state index contributed by atoms with van der Waals surface area (Å²) < 4.78 is 5.00. The van der Waals surface area contributed by atoms with Gasteiger partial charge < -0.3 is 0 Å². The Labute approximate surface area is 115 Å². The average Bonchev–Trinajstić information content (AvgIpc) is 2.38. The fourth-order valence-electron chi connectivity index (χ4n) is 1.28. The van der Waals surface area contributed by atoms with Crippen LogP contribution in [-0.4, -0.2) is 20.9 Å². The van der Waals surface area contributed by atoms with Gasteiger partial charge >= 0.3 is 115 Å².